The average molecular weight is 272 g/mol. The summed E-state index contributed by atoms with van der Waals surface area (Å²) in [6.07, 6.45) is 7.05. The van der Waals surface area contributed by atoms with Gasteiger partial charge in [0.25, 0.3) is 0 Å². The van der Waals surface area contributed by atoms with Crippen LogP contribution in [0.1, 0.15) is 62.5 Å². The number of aliphatic carboxylic acids is 1. The Hall–Kier alpha value is -1.31. The average Bonchev–Trinajstić information content (AvgIpc) is 2.45. The second-order valence-electron chi connectivity index (χ2n) is 6.74. The van der Waals surface area contributed by atoms with Gasteiger partial charge in [-0.25, -0.2) is 0 Å². The van der Waals surface area contributed by atoms with E-state index in [1.165, 1.54) is 17.5 Å². The number of benzene rings is 1. The molecule has 0 bridgehead atoms. The fourth-order valence-electron chi connectivity index (χ4n) is 4.16. The van der Waals surface area contributed by atoms with Crippen molar-refractivity contribution in [2.24, 2.45) is 11.3 Å². The molecule has 1 unspecified atom stereocenters. The number of hydrogen-bond acceptors (Lipinski definition) is 1. The van der Waals surface area contributed by atoms with Gasteiger partial charge in [0.05, 0.1) is 5.41 Å². The zero-order chi connectivity index (χ0) is 14.2. The number of carbonyl (C=O) groups is 1. The third kappa shape index (κ3) is 2.25. The van der Waals surface area contributed by atoms with Gasteiger partial charge in [-0.05, 0) is 61.5 Å². The van der Waals surface area contributed by atoms with Crippen LogP contribution < -0.4 is 0 Å². The fraction of sp³-hybridized carbons (Fsp3) is 0.611. The molecule has 0 amide bonds. The Morgan fingerprint density at radius 3 is 2.60 bits per heavy atom. The summed E-state index contributed by atoms with van der Waals surface area (Å²) in [6, 6.07) is 8.50. The van der Waals surface area contributed by atoms with Crippen molar-refractivity contribution in [1.82, 2.24) is 0 Å². The highest BCUT2D eigenvalue weighted by molar-refractivity contribution is 5.75. The molecule has 1 fully saturated rings. The van der Waals surface area contributed by atoms with Gasteiger partial charge in [-0.2, -0.15) is 0 Å². The van der Waals surface area contributed by atoms with Crippen molar-refractivity contribution in [2.45, 2.75) is 57.8 Å². The van der Waals surface area contributed by atoms with E-state index in [-0.39, 0.29) is 0 Å². The SMILES string of the molecule is CCC1CCC(CC2Cc3ccccc32)(C(=O)O)CC1. The van der Waals surface area contributed by atoms with Gasteiger partial charge in [-0.3, -0.25) is 4.79 Å². The zero-order valence-electron chi connectivity index (χ0n) is 12.3. The maximum Gasteiger partial charge on any atom is 0.309 e. The summed E-state index contributed by atoms with van der Waals surface area (Å²) in [5, 5.41) is 9.76. The Kier molecular flexibility index (Phi) is 3.57. The van der Waals surface area contributed by atoms with Gasteiger partial charge in [-0.15, -0.1) is 0 Å². The highest BCUT2D eigenvalue weighted by Gasteiger charge is 2.45. The van der Waals surface area contributed by atoms with Gasteiger partial charge >= 0.3 is 5.97 Å². The van der Waals surface area contributed by atoms with Crippen molar-refractivity contribution in [3.8, 4) is 0 Å². The van der Waals surface area contributed by atoms with E-state index < -0.39 is 11.4 Å². The Balaban J connectivity index is 1.72. The number of carboxylic acids is 1. The summed E-state index contributed by atoms with van der Waals surface area (Å²) < 4.78 is 0. The van der Waals surface area contributed by atoms with Crippen LogP contribution in [0.25, 0.3) is 0 Å². The number of rotatable bonds is 4. The zero-order valence-corrected chi connectivity index (χ0v) is 12.3. The van der Waals surface area contributed by atoms with Crippen molar-refractivity contribution in [1.29, 1.82) is 0 Å². The lowest BCUT2D eigenvalue weighted by Crippen LogP contribution is -2.38. The predicted octanol–water partition coefficient (Wildman–Crippen LogP) is 4.39. The van der Waals surface area contributed by atoms with Crippen molar-refractivity contribution >= 4 is 5.97 Å². The van der Waals surface area contributed by atoms with E-state index in [9.17, 15) is 9.90 Å². The van der Waals surface area contributed by atoms with Crippen molar-refractivity contribution in [3.05, 3.63) is 35.4 Å². The summed E-state index contributed by atoms with van der Waals surface area (Å²) >= 11 is 0. The topological polar surface area (TPSA) is 37.3 Å². The molecule has 0 aliphatic heterocycles. The van der Waals surface area contributed by atoms with Crippen LogP contribution in [0.3, 0.4) is 0 Å². The van der Waals surface area contributed by atoms with Crippen LogP contribution in [0.5, 0.6) is 0 Å². The van der Waals surface area contributed by atoms with Gasteiger partial charge < -0.3 is 5.11 Å². The molecule has 0 aromatic heterocycles. The lowest BCUT2D eigenvalue weighted by molar-refractivity contribution is -0.152. The molecule has 2 aliphatic carbocycles. The van der Waals surface area contributed by atoms with Crippen LogP contribution in [0, 0.1) is 11.3 Å². The lowest BCUT2D eigenvalue weighted by atomic mass is 9.62. The molecule has 1 aromatic carbocycles. The smallest absolute Gasteiger partial charge is 0.309 e. The Morgan fingerprint density at radius 2 is 2.00 bits per heavy atom. The first-order valence-electron chi connectivity index (χ1n) is 7.96. The van der Waals surface area contributed by atoms with Gasteiger partial charge in [-0.1, -0.05) is 37.6 Å². The van der Waals surface area contributed by atoms with E-state index in [0.29, 0.717) is 5.92 Å². The van der Waals surface area contributed by atoms with Gasteiger partial charge in [0, 0.05) is 0 Å². The first-order valence-corrected chi connectivity index (χ1v) is 7.96. The molecule has 1 saturated carbocycles. The van der Waals surface area contributed by atoms with Crippen molar-refractivity contribution in [2.75, 3.05) is 0 Å². The molecule has 1 atom stereocenters. The monoisotopic (exact) mass is 272 g/mol. The van der Waals surface area contributed by atoms with E-state index in [4.69, 9.17) is 0 Å². The molecule has 2 heteroatoms. The highest BCUT2D eigenvalue weighted by Crippen LogP contribution is 2.50. The molecule has 0 radical (unpaired) electrons. The van der Waals surface area contributed by atoms with Gasteiger partial charge in [0.15, 0.2) is 0 Å². The summed E-state index contributed by atoms with van der Waals surface area (Å²) in [5.41, 5.74) is 2.36. The number of carboxylic acid groups (broad SMARTS) is 1. The van der Waals surface area contributed by atoms with Crippen LogP contribution in [0.15, 0.2) is 24.3 Å². The lowest BCUT2D eigenvalue weighted by Gasteiger charge is -2.42. The minimum atomic E-state index is -0.559. The predicted molar refractivity (Wildman–Crippen MR) is 79.8 cm³/mol. The van der Waals surface area contributed by atoms with Crippen LogP contribution in [-0.2, 0) is 11.2 Å². The molecular formula is C18H24O2. The van der Waals surface area contributed by atoms with Crippen molar-refractivity contribution in [3.63, 3.8) is 0 Å². The second kappa shape index (κ2) is 5.23. The van der Waals surface area contributed by atoms with Gasteiger partial charge in [0.1, 0.15) is 0 Å². The molecule has 20 heavy (non-hydrogen) atoms. The van der Waals surface area contributed by atoms with E-state index in [2.05, 4.69) is 31.2 Å². The van der Waals surface area contributed by atoms with Crippen LogP contribution in [0.2, 0.25) is 0 Å². The maximum absolute atomic E-state index is 11.9. The molecule has 2 nitrogen and oxygen atoms in total. The van der Waals surface area contributed by atoms with Crippen LogP contribution in [-0.4, -0.2) is 11.1 Å². The number of fused-ring (bicyclic) bond motifs is 1. The van der Waals surface area contributed by atoms with Gasteiger partial charge in [0.2, 0.25) is 0 Å². The van der Waals surface area contributed by atoms with E-state index in [0.717, 1.165) is 44.4 Å². The molecule has 0 saturated heterocycles. The van der Waals surface area contributed by atoms with Crippen molar-refractivity contribution < 1.29 is 9.90 Å². The second-order valence-corrected chi connectivity index (χ2v) is 6.74. The highest BCUT2D eigenvalue weighted by atomic mass is 16.4. The Labute approximate surface area is 121 Å². The Morgan fingerprint density at radius 1 is 1.30 bits per heavy atom. The standard InChI is InChI=1S/C18H24O2/c1-2-13-7-9-18(10-8-13,17(19)20)12-15-11-14-5-3-4-6-16(14)15/h3-6,13,15H,2,7-12H2,1H3,(H,19,20). The molecule has 3 rings (SSSR count). The molecular weight excluding hydrogens is 248 g/mol. The molecule has 0 spiro atoms. The summed E-state index contributed by atoms with van der Waals surface area (Å²) in [7, 11) is 0. The first kappa shape index (κ1) is 13.7. The molecule has 1 N–H and O–H groups in total. The quantitative estimate of drug-likeness (QED) is 0.882. The minimum Gasteiger partial charge on any atom is -0.481 e. The largest absolute Gasteiger partial charge is 0.481 e. The third-order valence-electron chi connectivity index (χ3n) is 5.69. The van der Waals surface area contributed by atoms with E-state index >= 15 is 0 Å². The molecule has 108 valence electrons. The summed E-state index contributed by atoms with van der Waals surface area (Å²) in [4.78, 5) is 11.9. The van der Waals surface area contributed by atoms with E-state index in [1.54, 1.807) is 0 Å². The normalized spacial score (nSPS) is 32.2. The maximum atomic E-state index is 11.9. The van der Waals surface area contributed by atoms with E-state index in [1.807, 2.05) is 0 Å². The van der Waals surface area contributed by atoms with Crippen LogP contribution >= 0.6 is 0 Å². The third-order valence-corrected chi connectivity index (χ3v) is 5.69. The summed E-state index contributed by atoms with van der Waals surface area (Å²) in [6.45, 7) is 2.22. The van der Waals surface area contributed by atoms with Crippen LogP contribution in [0.4, 0.5) is 0 Å². The molecule has 2 aliphatic rings. The fourth-order valence-corrected chi connectivity index (χ4v) is 4.16. The number of hydrogen-bond donors (Lipinski definition) is 1. The first-order chi connectivity index (χ1) is 9.64. The molecule has 0 heterocycles. The molecule has 1 aromatic rings. The summed E-state index contributed by atoms with van der Waals surface area (Å²) in [5.74, 6) is 0.660. The minimum absolute atomic E-state index is 0.454. The Bertz CT molecular complexity index is 498.